The summed E-state index contributed by atoms with van der Waals surface area (Å²) in [6.07, 6.45) is 2.63. The molecule has 0 aromatic rings. The zero-order chi connectivity index (χ0) is 20.7. The van der Waals surface area contributed by atoms with Crippen molar-refractivity contribution in [2.45, 2.75) is 26.7 Å². The lowest BCUT2D eigenvalue weighted by Crippen LogP contribution is -2.61. The minimum atomic E-state index is -1.68. The van der Waals surface area contributed by atoms with E-state index in [-0.39, 0.29) is 29.0 Å². The van der Waals surface area contributed by atoms with Crippen LogP contribution in [-0.4, -0.2) is 47.8 Å². The van der Waals surface area contributed by atoms with Gasteiger partial charge in [-0.3, -0.25) is 9.59 Å². The topological polar surface area (TPSA) is 138 Å². The van der Waals surface area contributed by atoms with Gasteiger partial charge in [-0.1, -0.05) is 6.08 Å². The smallest absolute Gasteiger partial charge is 0.219 e. The number of nitrogens with two attached hydrogens (primary N) is 1. The highest BCUT2D eigenvalue weighted by Gasteiger charge is 2.64. The number of carbonyl (C=O) groups excluding carboxylic acids is 2. The van der Waals surface area contributed by atoms with Gasteiger partial charge >= 0.3 is 0 Å². The summed E-state index contributed by atoms with van der Waals surface area (Å²) >= 11 is 0. The van der Waals surface area contributed by atoms with E-state index in [9.17, 15) is 25.4 Å². The molecular formula is C20H22N6O2. The Morgan fingerprint density at radius 3 is 2.14 bits per heavy atom. The summed E-state index contributed by atoms with van der Waals surface area (Å²) in [5, 5.41) is 29.9. The molecule has 1 fully saturated rings. The van der Waals surface area contributed by atoms with E-state index in [1.807, 2.05) is 6.08 Å². The number of amides is 2. The molecule has 3 aliphatic rings. The second-order valence-electron chi connectivity index (χ2n) is 7.67. The van der Waals surface area contributed by atoms with Crippen molar-refractivity contribution in [3.05, 3.63) is 22.9 Å². The van der Waals surface area contributed by atoms with Gasteiger partial charge in [-0.15, -0.1) is 0 Å². The van der Waals surface area contributed by atoms with Crippen LogP contribution >= 0.6 is 0 Å². The molecule has 0 aromatic carbocycles. The minimum Gasteiger partial charge on any atom is -0.399 e. The fourth-order valence-corrected chi connectivity index (χ4v) is 5.06. The third-order valence-electron chi connectivity index (χ3n) is 6.68. The quantitative estimate of drug-likeness (QED) is 0.662. The number of hydrogen-bond donors (Lipinski definition) is 1. The zero-order valence-electron chi connectivity index (χ0n) is 16.0. The van der Waals surface area contributed by atoms with E-state index < -0.39 is 10.8 Å². The number of carbonyl (C=O) groups is 2. The van der Waals surface area contributed by atoms with Crippen molar-refractivity contribution >= 4 is 11.8 Å². The molecule has 2 amide bonds. The lowest BCUT2D eigenvalue weighted by molar-refractivity contribution is -0.134. The number of hydrogen-bond acceptors (Lipinski definition) is 6. The number of piperidine rings is 1. The molecule has 28 heavy (non-hydrogen) atoms. The summed E-state index contributed by atoms with van der Waals surface area (Å²) in [5.74, 6) is -0.524. The normalized spacial score (nSPS) is 25.1. The Bertz CT molecular complexity index is 904. The first-order valence-electron chi connectivity index (χ1n) is 9.22. The van der Waals surface area contributed by atoms with Gasteiger partial charge in [0.05, 0.1) is 23.4 Å². The van der Waals surface area contributed by atoms with Crippen LogP contribution in [0.2, 0.25) is 0 Å². The predicted molar refractivity (Wildman–Crippen MR) is 98.2 cm³/mol. The molecule has 1 spiro atoms. The van der Waals surface area contributed by atoms with Crippen molar-refractivity contribution in [2.75, 3.05) is 26.2 Å². The number of nitriles is 3. The average Bonchev–Trinajstić information content (AvgIpc) is 2.69. The monoisotopic (exact) mass is 378 g/mol. The van der Waals surface area contributed by atoms with E-state index in [0.717, 1.165) is 5.57 Å². The Morgan fingerprint density at radius 1 is 1.11 bits per heavy atom. The van der Waals surface area contributed by atoms with Gasteiger partial charge < -0.3 is 15.5 Å². The summed E-state index contributed by atoms with van der Waals surface area (Å²) in [7, 11) is 0. The van der Waals surface area contributed by atoms with E-state index in [0.29, 0.717) is 39.0 Å². The molecule has 1 aliphatic carbocycles. The second kappa shape index (κ2) is 6.69. The molecule has 0 radical (unpaired) electrons. The molecule has 8 heteroatoms. The Morgan fingerprint density at radius 2 is 1.68 bits per heavy atom. The number of likely N-dealkylation sites (tertiary alicyclic amines) is 1. The highest BCUT2D eigenvalue weighted by Crippen LogP contribution is 2.61. The maximum Gasteiger partial charge on any atom is 0.219 e. The van der Waals surface area contributed by atoms with Gasteiger partial charge in [-0.25, -0.2) is 0 Å². The van der Waals surface area contributed by atoms with Gasteiger partial charge in [0.2, 0.25) is 11.8 Å². The van der Waals surface area contributed by atoms with Crippen molar-refractivity contribution in [3.63, 3.8) is 0 Å². The predicted octanol–water partition coefficient (Wildman–Crippen LogP) is 0.803. The summed E-state index contributed by atoms with van der Waals surface area (Å²) in [6.45, 7) is 4.46. The minimum absolute atomic E-state index is 0.00458. The van der Waals surface area contributed by atoms with E-state index in [1.165, 1.54) is 13.8 Å². The molecule has 1 unspecified atom stereocenters. The average molecular weight is 378 g/mol. The third-order valence-corrected chi connectivity index (χ3v) is 6.68. The first-order valence-corrected chi connectivity index (χ1v) is 9.22. The van der Waals surface area contributed by atoms with E-state index in [2.05, 4.69) is 18.2 Å². The van der Waals surface area contributed by atoms with Gasteiger partial charge in [0, 0.05) is 51.4 Å². The van der Waals surface area contributed by atoms with Gasteiger partial charge in [-0.2, -0.15) is 15.8 Å². The first kappa shape index (κ1) is 19.5. The number of allylic oxidation sites excluding steroid dienone is 2. The Hall–Kier alpha value is -3.31. The molecule has 0 bridgehead atoms. The SMILES string of the molecule is CC(=O)N1CCC2(CC1)C1CN(C(C)=O)CC=C1C(C#N)=C(N)C2(C#N)C#N. The first-order chi connectivity index (χ1) is 13.3. The zero-order valence-corrected chi connectivity index (χ0v) is 16.0. The van der Waals surface area contributed by atoms with E-state index >= 15 is 0 Å². The molecular weight excluding hydrogens is 356 g/mol. The summed E-state index contributed by atoms with van der Waals surface area (Å²) in [5.41, 5.74) is 4.65. The van der Waals surface area contributed by atoms with E-state index in [4.69, 9.17) is 5.73 Å². The van der Waals surface area contributed by atoms with Crippen LogP contribution in [0.15, 0.2) is 22.9 Å². The highest BCUT2D eigenvalue weighted by atomic mass is 16.2. The van der Waals surface area contributed by atoms with Gasteiger partial charge in [0.15, 0.2) is 5.41 Å². The van der Waals surface area contributed by atoms with Crippen molar-refractivity contribution in [2.24, 2.45) is 22.5 Å². The second-order valence-corrected chi connectivity index (χ2v) is 7.67. The van der Waals surface area contributed by atoms with Crippen LogP contribution in [0.5, 0.6) is 0 Å². The van der Waals surface area contributed by atoms with E-state index in [1.54, 1.807) is 9.80 Å². The van der Waals surface area contributed by atoms with Crippen LogP contribution < -0.4 is 5.73 Å². The Kier molecular flexibility index (Phi) is 4.65. The molecule has 1 atom stereocenters. The molecule has 2 heterocycles. The standard InChI is InChI=1S/C20H22N6O2/c1-13(27)25-7-4-19(5-8-25)17-10-26(14(2)28)6-3-15(17)16(9-21)18(24)20(19,11-22)12-23/h3,17H,4-8,10,24H2,1-2H3. The van der Waals surface area contributed by atoms with Crippen LogP contribution in [0, 0.1) is 50.7 Å². The summed E-state index contributed by atoms with van der Waals surface area (Å²) < 4.78 is 0. The van der Waals surface area contributed by atoms with Gasteiger partial charge in [-0.05, 0) is 18.4 Å². The molecule has 2 N–H and O–H groups in total. The summed E-state index contributed by atoms with van der Waals surface area (Å²) in [6, 6.07) is 6.35. The maximum atomic E-state index is 12.0. The lowest BCUT2D eigenvalue weighted by Gasteiger charge is -2.56. The maximum absolute atomic E-state index is 12.0. The van der Waals surface area contributed by atoms with Crippen molar-refractivity contribution in [1.82, 2.24) is 9.80 Å². The molecule has 3 rings (SSSR count). The number of rotatable bonds is 0. The molecule has 2 aliphatic heterocycles. The van der Waals surface area contributed by atoms with Crippen LogP contribution in [0.4, 0.5) is 0 Å². The molecule has 0 saturated carbocycles. The Labute approximate surface area is 164 Å². The summed E-state index contributed by atoms with van der Waals surface area (Å²) in [4.78, 5) is 27.2. The van der Waals surface area contributed by atoms with Crippen LogP contribution in [0.25, 0.3) is 0 Å². The van der Waals surface area contributed by atoms with Gasteiger partial charge in [0.25, 0.3) is 0 Å². The number of nitrogens with zero attached hydrogens (tertiary/aromatic N) is 5. The largest absolute Gasteiger partial charge is 0.399 e. The van der Waals surface area contributed by atoms with Crippen molar-refractivity contribution in [3.8, 4) is 18.2 Å². The lowest BCUT2D eigenvalue weighted by atomic mass is 9.47. The third kappa shape index (κ3) is 2.40. The Balaban J connectivity index is 2.23. The number of fused-ring (bicyclic) bond motifs is 2. The fraction of sp³-hybridized carbons (Fsp3) is 0.550. The van der Waals surface area contributed by atoms with Crippen LogP contribution in [0.1, 0.15) is 26.7 Å². The molecule has 144 valence electrons. The van der Waals surface area contributed by atoms with Crippen molar-refractivity contribution < 1.29 is 9.59 Å². The molecule has 0 aromatic heterocycles. The molecule has 1 saturated heterocycles. The van der Waals surface area contributed by atoms with Crippen molar-refractivity contribution in [1.29, 1.82) is 15.8 Å². The molecule has 8 nitrogen and oxygen atoms in total. The van der Waals surface area contributed by atoms with Gasteiger partial charge in [0.1, 0.15) is 6.07 Å². The fourth-order valence-electron chi connectivity index (χ4n) is 5.06. The van der Waals surface area contributed by atoms with Crippen LogP contribution in [0.3, 0.4) is 0 Å². The highest BCUT2D eigenvalue weighted by molar-refractivity contribution is 5.75. The van der Waals surface area contributed by atoms with Crippen LogP contribution in [-0.2, 0) is 9.59 Å².